The van der Waals surface area contributed by atoms with E-state index in [9.17, 15) is 4.79 Å². The number of rotatable bonds is 6. The van der Waals surface area contributed by atoms with Crippen molar-refractivity contribution in [1.29, 1.82) is 0 Å². The first-order valence-electron chi connectivity index (χ1n) is 5.66. The summed E-state index contributed by atoms with van der Waals surface area (Å²) < 4.78 is 0. The lowest BCUT2D eigenvalue weighted by atomic mass is 10.0. The molecular formula is C13H20N2O. The smallest absolute Gasteiger partial charge is 0.231 e. The first kappa shape index (κ1) is 12.7. The Bertz CT molecular complexity index is 324. The van der Waals surface area contributed by atoms with Crippen molar-refractivity contribution >= 4 is 5.91 Å². The van der Waals surface area contributed by atoms with Crippen LogP contribution in [0, 0.1) is 0 Å². The van der Waals surface area contributed by atoms with Gasteiger partial charge in [0.15, 0.2) is 0 Å². The van der Waals surface area contributed by atoms with Crippen LogP contribution >= 0.6 is 0 Å². The third kappa shape index (κ3) is 4.03. The van der Waals surface area contributed by atoms with Gasteiger partial charge in [0, 0.05) is 6.04 Å². The Hall–Kier alpha value is -1.35. The molecule has 0 unspecified atom stereocenters. The highest BCUT2D eigenvalue weighted by Gasteiger charge is 2.14. The van der Waals surface area contributed by atoms with Crippen LogP contribution in [-0.4, -0.2) is 30.4 Å². The van der Waals surface area contributed by atoms with Crippen LogP contribution in [0.5, 0.6) is 0 Å². The van der Waals surface area contributed by atoms with Crippen molar-refractivity contribution in [1.82, 2.24) is 4.90 Å². The molecule has 1 rings (SSSR count). The fourth-order valence-electron chi connectivity index (χ4n) is 1.87. The standard InChI is InChI=1S/C13H20N2O/c1-3-12(15(2)10-13(14)16)9-11-7-5-4-6-8-11/h4-8,12H,3,9-10H2,1-2H3,(H2,14,16)/t12-/m0/s1. The lowest BCUT2D eigenvalue weighted by Gasteiger charge is -2.25. The third-order valence-corrected chi connectivity index (χ3v) is 2.81. The molecule has 3 heteroatoms. The minimum atomic E-state index is -0.269. The lowest BCUT2D eigenvalue weighted by Crippen LogP contribution is -2.39. The number of amides is 1. The van der Waals surface area contributed by atoms with Gasteiger partial charge in [0.2, 0.25) is 5.91 Å². The first-order valence-corrected chi connectivity index (χ1v) is 5.66. The monoisotopic (exact) mass is 220 g/mol. The van der Waals surface area contributed by atoms with E-state index >= 15 is 0 Å². The van der Waals surface area contributed by atoms with Gasteiger partial charge in [-0.2, -0.15) is 0 Å². The fraction of sp³-hybridized carbons (Fsp3) is 0.462. The van der Waals surface area contributed by atoms with Crippen molar-refractivity contribution in [3.05, 3.63) is 35.9 Å². The van der Waals surface area contributed by atoms with E-state index in [1.54, 1.807) is 0 Å². The van der Waals surface area contributed by atoms with Crippen LogP contribution < -0.4 is 5.73 Å². The zero-order valence-corrected chi connectivity index (χ0v) is 10.0. The average molecular weight is 220 g/mol. The van der Waals surface area contributed by atoms with Crippen molar-refractivity contribution in [2.24, 2.45) is 5.73 Å². The second-order valence-electron chi connectivity index (χ2n) is 4.13. The molecule has 0 fully saturated rings. The van der Waals surface area contributed by atoms with Gasteiger partial charge in [-0.05, 0) is 25.5 Å². The molecule has 2 N–H and O–H groups in total. The van der Waals surface area contributed by atoms with Crippen molar-refractivity contribution in [2.45, 2.75) is 25.8 Å². The number of likely N-dealkylation sites (N-methyl/N-ethyl adjacent to an activating group) is 1. The van der Waals surface area contributed by atoms with Gasteiger partial charge in [-0.3, -0.25) is 9.69 Å². The first-order chi connectivity index (χ1) is 7.63. The van der Waals surface area contributed by atoms with Crippen LogP contribution in [0.25, 0.3) is 0 Å². The SMILES string of the molecule is CC[C@@H](Cc1ccccc1)N(C)CC(N)=O. The minimum Gasteiger partial charge on any atom is -0.369 e. The van der Waals surface area contributed by atoms with Gasteiger partial charge in [0.1, 0.15) is 0 Å². The Labute approximate surface area is 97.2 Å². The highest BCUT2D eigenvalue weighted by Crippen LogP contribution is 2.10. The summed E-state index contributed by atoms with van der Waals surface area (Å²) in [6.07, 6.45) is 1.97. The van der Waals surface area contributed by atoms with E-state index in [2.05, 4.69) is 19.1 Å². The van der Waals surface area contributed by atoms with Crippen LogP contribution in [-0.2, 0) is 11.2 Å². The van der Waals surface area contributed by atoms with Crippen molar-refractivity contribution in [3.8, 4) is 0 Å². The number of carbonyl (C=O) groups excluding carboxylic acids is 1. The predicted molar refractivity (Wildman–Crippen MR) is 66.0 cm³/mol. The summed E-state index contributed by atoms with van der Waals surface area (Å²) >= 11 is 0. The summed E-state index contributed by atoms with van der Waals surface area (Å²) in [5.41, 5.74) is 6.50. The number of nitrogens with zero attached hydrogens (tertiary/aromatic N) is 1. The summed E-state index contributed by atoms with van der Waals surface area (Å²) in [6, 6.07) is 10.7. The van der Waals surface area contributed by atoms with Gasteiger partial charge in [-0.25, -0.2) is 0 Å². The van der Waals surface area contributed by atoms with Gasteiger partial charge in [-0.15, -0.1) is 0 Å². The van der Waals surface area contributed by atoms with E-state index in [-0.39, 0.29) is 5.91 Å². The Balaban J connectivity index is 2.58. The Kier molecular flexibility index (Phi) is 4.99. The molecule has 0 saturated heterocycles. The lowest BCUT2D eigenvalue weighted by molar-refractivity contribution is -0.119. The van der Waals surface area contributed by atoms with Crippen LogP contribution in [0.15, 0.2) is 30.3 Å². The molecule has 0 spiro atoms. The van der Waals surface area contributed by atoms with Crippen molar-refractivity contribution in [3.63, 3.8) is 0 Å². The van der Waals surface area contributed by atoms with E-state index < -0.39 is 0 Å². The highest BCUT2D eigenvalue weighted by molar-refractivity contribution is 5.75. The summed E-state index contributed by atoms with van der Waals surface area (Å²) in [4.78, 5) is 12.9. The summed E-state index contributed by atoms with van der Waals surface area (Å²) in [5, 5.41) is 0. The molecule has 1 aromatic carbocycles. The van der Waals surface area contributed by atoms with Gasteiger partial charge in [0.25, 0.3) is 0 Å². The number of primary amides is 1. The van der Waals surface area contributed by atoms with Crippen LogP contribution in [0.4, 0.5) is 0 Å². The van der Waals surface area contributed by atoms with Crippen LogP contribution in [0.2, 0.25) is 0 Å². The molecule has 88 valence electrons. The number of carbonyl (C=O) groups is 1. The maximum Gasteiger partial charge on any atom is 0.231 e. The molecular weight excluding hydrogens is 200 g/mol. The van der Waals surface area contributed by atoms with E-state index in [1.165, 1.54) is 5.56 Å². The molecule has 0 aromatic heterocycles. The Morgan fingerprint density at radius 3 is 2.50 bits per heavy atom. The number of benzene rings is 1. The maximum atomic E-state index is 10.9. The van der Waals surface area contributed by atoms with Gasteiger partial charge in [-0.1, -0.05) is 37.3 Å². The number of hydrogen-bond donors (Lipinski definition) is 1. The summed E-state index contributed by atoms with van der Waals surface area (Å²) in [6.45, 7) is 2.45. The Morgan fingerprint density at radius 1 is 1.38 bits per heavy atom. The zero-order valence-electron chi connectivity index (χ0n) is 10.0. The highest BCUT2D eigenvalue weighted by atomic mass is 16.1. The second kappa shape index (κ2) is 6.28. The fourth-order valence-corrected chi connectivity index (χ4v) is 1.87. The Morgan fingerprint density at radius 2 is 2.00 bits per heavy atom. The van der Waals surface area contributed by atoms with Gasteiger partial charge in [0.05, 0.1) is 6.54 Å². The van der Waals surface area contributed by atoms with E-state index in [0.29, 0.717) is 12.6 Å². The molecule has 0 bridgehead atoms. The van der Waals surface area contributed by atoms with Crippen LogP contribution in [0.1, 0.15) is 18.9 Å². The maximum absolute atomic E-state index is 10.9. The van der Waals surface area contributed by atoms with Crippen molar-refractivity contribution < 1.29 is 4.79 Å². The molecule has 16 heavy (non-hydrogen) atoms. The van der Waals surface area contributed by atoms with Gasteiger partial charge >= 0.3 is 0 Å². The molecule has 1 amide bonds. The quantitative estimate of drug-likeness (QED) is 0.788. The normalized spacial score (nSPS) is 12.7. The topological polar surface area (TPSA) is 46.3 Å². The van der Waals surface area contributed by atoms with Crippen LogP contribution in [0.3, 0.4) is 0 Å². The molecule has 0 heterocycles. The largest absolute Gasteiger partial charge is 0.369 e. The molecule has 0 aliphatic heterocycles. The molecule has 0 saturated carbocycles. The third-order valence-electron chi connectivity index (χ3n) is 2.81. The van der Waals surface area contributed by atoms with Crippen molar-refractivity contribution in [2.75, 3.05) is 13.6 Å². The summed E-state index contributed by atoms with van der Waals surface area (Å²) in [7, 11) is 1.95. The summed E-state index contributed by atoms with van der Waals surface area (Å²) in [5.74, 6) is -0.269. The molecule has 0 aliphatic rings. The molecule has 0 radical (unpaired) electrons. The second-order valence-corrected chi connectivity index (χ2v) is 4.13. The molecule has 1 atom stereocenters. The van der Waals surface area contributed by atoms with E-state index in [0.717, 1.165) is 12.8 Å². The predicted octanol–water partition coefficient (Wildman–Crippen LogP) is 1.42. The zero-order chi connectivity index (χ0) is 12.0. The molecule has 1 aromatic rings. The molecule has 3 nitrogen and oxygen atoms in total. The average Bonchev–Trinajstić information content (AvgIpc) is 2.26. The number of hydrogen-bond acceptors (Lipinski definition) is 2. The van der Waals surface area contributed by atoms with E-state index in [1.807, 2.05) is 30.1 Å². The van der Waals surface area contributed by atoms with E-state index in [4.69, 9.17) is 5.73 Å². The number of nitrogens with two attached hydrogens (primary N) is 1. The van der Waals surface area contributed by atoms with Gasteiger partial charge < -0.3 is 5.73 Å². The minimum absolute atomic E-state index is 0.269. The molecule has 0 aliphatic carbocycles.